The van der Waals surface area contributed by atoms with Crippen molar-refractivity contribution in [2.24, 2.45) is 0 Å². The quantitative estimate of drug-likeness (QED) is 0.913. The molecule has 0 saturated carbocycles. The van der Waals surface area contributed by atoms with Crippen molar-refractivity contribution in [3.8, 4) is 5.75 Å². The fraction of sp³-hybridized carbons (Fsp3) is 0.143. The molecule has 0 spiro atoms. The smallest absolute Gasteiger partial charge is 0.307 e. The van der Waals surface area contributed by atoms with Crippen LogP contribution in [0.15, 0.2) is 42.7 Å². The summed E-state index contributed by atoms with van der Waals surface area (Å²) in [4.78, 5) is 14.4. The number of hydrogen-bond acceptors (Lipinski definition) is 3. The van der Waals surface area contributed by atoms with E-state index in [2.05, 4.69) is 4.98 Å². The minimum atomic E-state index is -0.850. The topological polar surface area (TPSA) is 59.4 Å². The average Bonchev–Trinajstić information content (AvgIpc) is 2.39. The molecule has 0 amide bonds. The lowest BCUT2D eigenvalue weighted by molar-refractivity contribution is -0.136. The van der Waals surface area contributed by atoms with Crippen molar-refractivity contribution >= 4 is 17.6 Å². The standard InChI is InChI=1S/C14H12ClNO3/c15-13-8-16-6-5-11(13)9-19-12-3-1-10(2-4-12)7-14(17)18/h1-6,8H,7,9H2,(H,17,18). The Hall–Kier alpha value is -2.07. The number of carbonyl (C=O) groups is 1. The molecule has 1 N–H and O–H groups in total. The Morgan fingerprint density at radius 2 is 2.00 bits per heavy atom. The van der Waals surface area contributed by atoms with Gasteiger partial charge in [0, 0.05) is 18.0 Å². The van der Waals surface area contributed by atoms with Crippen LogP contribution in [0, 0.1) is 0 Å². The molecule has 0 aliphatic heterocycles. The van der Waals surface area contributed by atoms with Crippen molar-refractivity contribution < 1.29 is 14.6 Å². The molecule has 1 heterocycles. The average molecular weight is 278 g/mol. The Labute approximate surface area is 115 Å². The molecule has 98 valence electrons. The highest BCUT2D eigenvalue weighted by Gasteiger charge is 2.03. The molecule has 0 bridgehead atoms. The van der Waals surface area contributed by atoms with E-state index in [-0.39, 0.29) is 6.42 Å². The Balaban J connectivity index is 1.97. The van der Waals surface area contributed by atoms with Crippen molar-refractivity contribution in [1.29, 1.82) is 0 Å². The van der Waals surface area contributed by atoms with Crippen LogP contribution < -0.4 is 4.74 Å². The van der Waals surface area contributed by atoms with Crippen molar-refractivity contribution in [2.75, 3.05) is 0 Å². The fourth-order valence-corrected chi connectivity index (χ4v) is 1.73. The predicted octanol–water partition coefficient (Wildman–Crippen LogP) is 2.94. The Morgan fingerprint density at radius 1 is 1.26 bits per heavy atom. The lowest BCUT2D eigenvalue weighted by Gasteiger charge is -2.07. The number of benzene rings is 1. The number of aliphatic carboxylic acids is 1. The molecule has 2 aromatic rings. The van der Waals surface area contributed by atoms with E-state index in [9.17, 15) is 4.79 Å². The largest absolute Gasteiger partial charge is 0.489 e. The Kier molecular flexibility index (Phi) is 4.36. The lowest BCUT2D eigenvalue weighted by atomic mass is 10.1. The van der Waals surface area contributed by atoms with E-state index in [1.165, 1.54) is 0 Å². The summed E-state index contributed by atoms with van der Waals surface area (Å²) in [5.74, 6) is -0.181. The SMILES string of the molecule is O=C(O)Cc1ccc(OCc2ccncc2Cl)cc1. The maximum Gasteiger partial charge on any atom is 0.307 e. The Morgan fingerprint density at radius 3 is 2.63 bits per heavy atom. The van der Waals surface area contributed by atoms with Crippen LogP contribution >= 0.6 is 11.6 Å². The molecular formula is C14H12ClNO3. The fourth-order valence-electron chi connectivity index (χ4n) is 1.56. The number of halogens is 1. The van der Waals surface area contributed by atoms with Gasteiger partial charge < -0.3 is 9.84 Å². The summed E-state index contributed by atoms with van der Waals surface area (Å²) in [6, 6.07) is 8.75. The normalized spacial score (nSPS) is 10.2. The zero-order valence-corrected chi connectivity index (χ0v) is 10.8. The monoisotopic (exact) mass is 277 g/mol. The van der Waals surface area contributed by atoms with Gasteiger partial charge >= 0.3 is 5.97 Å². The van der Waals surface area contributed by atoms with Crippen LogP contribution in [0.2, 0.25) is 5.02 Å². The summed E-state index contributed by atoms with van der Waals surface area (Å²) in [7, 11) is 0. The molecule has 0 unspecified atom stereocenters. The van der Waals surface area contributed by atoms with Gasteiger partial charge in [-0.05, 0) is 23.8 Å². The van der Waals surface area contributed by atoms with E-state index in [0.717, 1.165) is 11.1 Å². The van der Waals surface area contributed by atoms with Gasteiger partial charge in [-0.2, -0.15) is 0 Å². The predicted molar refractivity (Wildman–Crippen MR) is 71.4 cm³/mol. The van der Waals surface area contributed by atoms with E-state index < -0.39 is 5.97 Å². The molecule has 0 fully saturated rings. The molecule has 0 aliphatic carbocycles. The van der Waals surface area contributed by atoms with Gasteiger partial charge in [0.15, 0.2) is 0 Å². The highest BCUT2D eigenvalue weighted by atomic mass is 35.5. The second kappa shape index (κ2) is 6.20. The first-order valence-corrected chi connectivity index (χ1v) is 6.05. The summed E-state index contributed by atoms with van der Waals surface area (Å²) in [6.07, 6.45) is 3.23. The third-order valence-corrected chi connectivity index (χ3v) is 2.87. The van der Waals surface area contributed by atoms with Crippen molar-refractivity contribution in [2.45, 2.75) is 13.0 Å². The maximum atomic E-state index is 10.6. The first-order valence-electron chi connectivity index (χ1n) is 5.67. The molecule has 0 saturated heterocycles. The van der Waals surface area contributed by atoms with E-state index in [1.807, 2.05) is 0 Å². The van der Waals surface area contributed by atoms with Crippen LogP contribution in [-0.4, -0.2) is 16.1 Å². The summed E-state index contributed by atoms with van der Waals surface area (Å²) >= 11 is 5.97. The van der Waals surface area contributed by atoms with Gasteiger partial charge in [-0.25, -0.2) is 0 Å². The number of carboxylic acid groups (broad SMARTS) is 1. The zero-order chi connectivity index (χ0) is 13.7. The van der Waals surface area contributed by atoms with Crippen LogP contribution in [-0.2, 0) is 17.8 Å². The molecule has 4 nitrogen and oxygen atoms in total. The third-order valence-electron chi connectivity index (χ3n) is 2.53. The Bertz CT molecular complexity index is 569. The number of hydrogen-bond donors (Lipinski definition) is 1. The van der Waals surface area contributed by atoms with Crippen molar-refractivity contribution in [1.82, 2.24) is 4.98 Å². The van der Waals surface area contributed by atoms with E-state index in [1.54, 1.807) is 42.7 Å². The number of pyridine rings is 1. The van der Waals surface area contributed by atoms with Gasteiger partial charge in [-0.15, -0.1) is 0 Å². The number of aromatic nitrogens is 1. The summed E-state index contributed by atoms with van der Waals surface area (Å²) < 4.78 is 5.57. The van der Waals surface area contributed by atoms with Crippen molar-refractivity contribution in [3.05, 3.63) is 58.9 Å². The second-order valence-corrected chi connectivity index (χ2v) is 4.38. The molecule has 5 heteroatoms. The van der Waals surface area contributed by atoms with Crippen LogP contribution in [0.5, 0.6) is 5.75 Å². The minimum Gasteiger partial charge on any atom is -0.489 e. The minimum absolute atomic E-state index is 0.0104. The van der Waals surface area contributed by atoms with Gasteiger partial charge in [-0.1, -0.05) is 23.7 Å². The van der Waals surface area contributed by atoms with Crippen LogP contribution in [0.25, 0.3) is 0 Å². The summed E-state index contributed by atoms with van der Waals surface area (Å²) in [5.41, 5.74) is 1.59. The number of rotatable bonds is 5. The highest BCUT2D eigenvalue weighted by Crippen LogP contribution is 2.18. The molecule has 0 atom stereocenters. The molecule has 1 aromatic carbocycles. The first kappa shape index (κ1) is 13.4. The lowest BCUT2D eigenvalue weighted by Crippen LogP contribution is -2.00. The van der Waals surface area contributed by atoms with Gasteiger partial charge in [0.2, 0.25) is 0 Å². The molecule has 2 rings (SSSR count). The number of carboxylic acids is 1. The van der Waals surface area contributed by atoms with Gasteiger partial charge in [-0.3, -0.25) is 9.78 Å². The molecule has 0 aliphatic rings. The van der Waals surface area contributed by atoms with Crippen molar-refractivity contribution in [3.63, 3.8) is 0 Å². The van der Waals surface area contributed by atoms with E-state index >= 15 is 0 Å². The summed E-state index contributed by atoms with van der Waals surface area (Å²) in [5, 5.41) is 9.23. The molecule has 19 heavy (non-hydrogen) atoms. The maximum absolute atomic E-state index is 10.6. The van der Waals surface area contributed by atoms with Crippen LogP contribution in [0.1, 0.15) is 11.1 Å². The number of nitrogens with zero attached hydrogens (tertiary/aromatic N) is 1. The zero-order valence-electron chi connectivity index (χ0n) is 10.0. The van der Waals surface area contributed by atoms with Crippen LogP contribution in [0.3, 0.4) is 0 Å². The van der Waals surface area contributed by atoms with E-state index in [4.69, 9.17) is 21.4 Å². The molecule has 0 radical (unpaired) electrons. The summed E-state index contributed by atoms with van der Waals surface area (Å²) in [6.45, 7) is 0.347. The second-order valence-electron chi connectivity index (χ2n) is 3.97. The van der Waals surface area contributed by atoms with E-state index in [0.29, 0.717) is 17.4 Å². The first-order chi connectivity index (χ1) is 9.15. The molecular weight excluding hydrogens is 266 g/mol. The van der Waals surface area contributed by atoms with Gasteiger partial charge in [0.25, 0.3) is 0 Å². The third kappa shape index (κ3) is 3.96. The van der Waals surface area contributed by atoms with Crippen LogP contribution in [0.4, 0.5) is 0 Å². The highest BCUT2D eigenvalue weighted by molar-refractivity contribution is 6.31. The van der Waals surface area contributed by atoms with Gasteiger partial charge in [0.1, 0.15) is 12.4 Å². The number of ether oxygens (including phenoxy) is 1. The molecule has 1 aromatic heterocycles. The van der Waals surface area contributed by atoms with Gasteiger partial charge in [0.05, 0.1) is 11.4 Å².